The predicted molar refractivity (Wildman–Crippen MR) is 66.9 cm³/mol. The van der Waals surface area contributed by atoms with Crippen LogP contribution in [0.3, 0.4) is 0 Å². The Hall–Kier alpha value is -1.55. The first kappa shape index (κ1) is 11.9. The van der Waals surface area contributed by atoms with Gasteiger partial charge in [0.25, 0.3) is 0 Å². The van der Waals surface area contributed by atoms with Crippen molar-refractivity contribution >= 4 is 0 Å². The number of aromatic nitrogens is 2. The summed E-state index contributed by atoms with van der Waals surface area (Å²) in [6, 6.07) is 4.10. The van der Waals surface area contributed by atoms with Crippen LogP contribution in [0.2, 0.25) is 0 Å². The van der Waals surface area contributed by atoms with E-state index in [2.05, 4.69) is 23.4 Å². The fourth-order valence-corrected chi connectivity index (χ4v) is 1.81. The first-order chi connectivity index (χ1) is 8.19. The molecule has 0 atom stereocenters. The zero-order valence-corrected chi connectivity index (χ0v) is 10.7. The van der Waals surface area contributed by atoms with Crippen LogP contribution in [0, 0.1) is 13.8 Å². The van der Waals surface area contributed by atoms with Gasteiger partial charge in [-0.25, -0.2) is 0 Å². The molecule has 0 radical (unpaired) electrons. The Kier molecular flexibility index (Phi) is 3.64. The number of hydrogen-bond donors (Lipinski definition) is 1. The average molecular weight is 233 g/mol. The molecule has 4 nitrogen and oxygen atoms in total. The lowest BCUT2D eigenvalue weighted by Crippen LogP contribution is -2.11. The number of hydrogen-bond acceptors (Lipinski definition) is 3. The lowest BCUT2D eigenvalue weighted by atomic mass is 10.2. The summed E-state index contributed by atoms with van der Waals surface area (Å²) in [6.45, 7) is 8.62. The molecule has 0 bridgehead atoms. The number of furan rings is 1. The Labute approximate surface area is 102 Å². The van der Waals surface area contributed by atoms with Gasteiger partial charge in [0.15, 0.2) is 0 Å². The van der Waals surface area contributed by atoms with E-state index in [9.17, 15) is 0 Å². The zero-order valence-electron chi connectivity index (χ0n) is 10.7. The van der Waals surface area contributed by atoms with Crippen LogP contribution in [0.25, 0.3) is 0 Å². The van der Waals surface area contributed by atoms with Crippen molar-refractivity contribution in [1.82, 2.24) is 15.1 Å². The maximum atomic E-state index is 5.72. The molecule has 0 fully saturated rings. The van der Waals surface area contributed by atoms with Crippen molar-refractivity contribution in [2.24, 2.45) is 0 Å². The zero-order chi connectivity index (χ0) is 12.3. The van der Waals surface area contributed by atoms with E-state index >= 15 is 0 Å². The van der Waals surface area contributed by atoms with Gasteiger partial charge in [0.05, 0.1) is 12.2 Å². The largest absolute Gasteiger partial charge is 0.464 e. The van der Waals surface area contributed by atoms with Gasteiger partial charge >= 0.3 is 0 Å². The summed E-state index contributed by atoms with van der Waals surface area (Å²) >= 11 is 0. The van der Waals surface area contributed by atoms with Crippen LogP contribution in [0.5, 0.6) is 0 Å². The van der Waals surface area contributed by atoms with E-state index < -0.39 is 0 Å². The van der Waals surface area contributed by atoms with Gasteiger partial charge in [0.1, 0.15) is 11.5 Å². The van der Waals surface area contributed by atoms with Gasteiger partial charge in [-0.3, -0.25) is 4.68 Å². The molecular formula is C13H19N3O. The minimum absolute atomic E-state index is 0.695. The highest BCUT2D eigenvalue weighted by atomic mass is 16.3. The predicted octanol–water partition coefficient (Wildman–Crippen LogP) is 2.25. The number of aryl methyl sites for hydroxylation is 2. The van der Waals surface area contributed by atoms with E-state index in [-0.39, 0.29) is 0 Å². The highest BCUT2D eigenvalue weighted by Gasteiger charge is 2.07. The second kappa shape index (κ2) is 5.19. The van der Waals surface area contributed by atoms with E-state index in [0.29, 0.717) is 6.54 Å². The molecule has 0 amide bonds. The third-order valence-corrected chi connectivity index (χ3v) is 2.73. The highest BCUT2D eigenvalue weighted by Crippen LogP contribution is 2.15. The topological polar surface area (TPSA) is 43.0 Å². The number of rotatable bonds is 5. The Balaban J connectivity index is 2.06. The molecule has 0 aliphatic heterocycles. The standard InChI is InChI=1S/C13H19N3O/c1-4-14-8-12-7-13(17-11(12)3)9-16-6-5-10(2)15-16/h5-7,14H,4,8-9H2,1-3H3. The fourth-order valence-electron chi connectivity index (χ4n) is 1.81. The van der Waals surface area contributed by atoms with Crippen LogP contribution in [-0.4, -0.2) is 16.3 Å². The Morgan fingerprint density at radius 3 is 2.88 bits per heavy atom. The molecule has 0 unspecified atom stereocenters. The van der Waals surface area contributed by atoms with Gasteiger partial charge in [0.2, 0.25) is 0 Å². The van der Waals surface area contributed by atoms with Crippen LogP contribution in [0.4, 0.5) is 0 Å². The quantitative estimate of drug-likeness (QED) is 0.861. The minimum Gasteiger partial charge on any atom is -0.464 e. The molecule has 1 N–H and O–H groups in total. The summed E-state index contributed by atoms with van der Waals surface area (Å²) in [6.07, 6.45) is 1.97. The van der Waals surface area contributed by atoms with E-state index in [4.69, 9.17) is 4.42 Å². The molecule has 0 saturated carbocycles. The lowest BCUT2D eigenvalue weighted by molar-refractivity contribution is 0.456. The van der Waals surface area contributed by atoms with Crippen molar-refractivity contribution in [3.8, 4) is 0 Å². The van der Waals surface area contributed by atoms with Crippen molar-refractivity contribution in [2.45, 2.75) is 33.9 Å². The summed E-state index contributed by atoms with van der Waals surface area (Å²) in [4.78, 5) is 0. The molecule has 0 aliphatic carbocycles. The summed E-state index contributed by atoms with van der Waals surface area (Å²) in [7, 11) is 0. The van der Waals surface area contributed by atoms with Crippen molar-refractivity contribution in [3.63, 3.8) is 0 Å². The highest BCUT2D eigenvalue weighted by molar-refractivity contribution is 5.20. The Morgan fingerprint density at radius 1 is 1.41 bits per heavy atom. The van der Waals surface area contributed by atoms with Gasteiger partial charge < -0.3 is 9.73 Å². The van der Waals surface area contributed by atoms with Crippen LogP contribution >= 0.6 is 0 Å². The molecule has 0 aliphatic rings. The van der Waals surface area contributed by atoms with Gasteiger partial charge in [-0.1, -0.05) is 6.92 Å². The summed E-state index contributed by atoms with van der Waals surface area (Å²) < 4.78 is 7.62. The Morgan fingerprint density at radius 2 is 2.24 bits per heavy atom. The first-order valence-electron chi connectivity index (χ1n) is 5.98. The molecular weight excluding hydrogens is 214 g/mol. The van der Waals surface area contributed by atoms with Crippen LogP contribution in [-0.2, 0) is 13.1 Å². The van der Waals surface area contributed by atoms with Crippen molar-refractivity contribution in [2.75, 3.05) is 6.54 Å². The monoisotopic (exact) mass is 233 g/mol. The van der Waals surface area contributed by atoms with E-state index in [1.807, 2.05) is 30.8 Å². The van der Waals surface area contributed by atoms with E-state index in [1.54, 1.807) is 0 Å². The molecule has 2 aromatic heterocycles. The third-order valence-electron chi connectivity index (χ3n) is 2.73. The average Bonchev–Trinajstić information content (AvgIpc) is 2.83. The van der Waals surface area contributed by atoms with E-state index in [1.165, 1.54) is 5.56 Å². The smallest absolute Gasteiger partial charge is 0.125 e. The van der Waals surface area contributed by atoms with Gasteiger partial charge in [-0.05, 0) is 32.5 Å². The second-order valence-corrected chi connectivity index (χ2v) is 4.23. The Bertz CT molecular complexity index is 485. The molecule has 2 rings (SSSR count). The maximum absolute atomic E-state index is 5.72. The van der Waals surface area contributed by atoms with Crippen molar-refractivity contribution in [3.05, 3.63) is 41.1 Å². The SMILES string of the molecule is CCNCc1cc(Cn2ccc(C)n2)oc1C. The first-order valence-corrected chi connectivity index (χ1v) is 5.98. The molecule has 2 aromatic rings. The maximum Gasteiger partial charge on any atom is 0.125 e. The van der Waals surface area contributed by atoms with Crippen LogP contribution < -0.4 is 5.32 Å². The van der Waals surface area contributed by atoms with Crippen LogP contribution in [0.1, 0.15) is 29.7 Å². The molecule has 0 saturated heterocycles. The minimum atomic E-state index is 0.695. The lowest BCUT2D eigenvalue weighted by Gasteiger charge is -1.97. The third kappa shape index (κ3) is 2.97. The summed E-state index contributed by atoms with van der Waals surface area (Å²) in [5.74, 6) is 1.95. The van der Waals surface area contributed by atoms with E-state index in [0.717, 1.165) is 30.3 Å². The van der Waals surface area contributed by atoms with Gasteiger partial charge in [-0.2, -0.15) is 5.10 Å². The molecule has 0 aromatic carbocycles. The normalized spacial score (nSPS) is 11.0. The van der Waals surface area contributed by atoms with Crippen molar-refractivity contribution < 1.29 is 4.42 Å². The van der Waals surface area contributed by atoms with Gasteiger partial charge in [-0.15, -0.1) is 0 Å². The van der Waals surface area contributed by atoms with Crippen molar-refractivity contribution in [1.29, 1.82) is 0 Å². The molecule has 92 valence electrons. The van der Waals surface area contributed by atoms with Gasteiger partial charge in [0, 0.05) is 18.3 Å². The summed E-state index contributed by atoms with van der Waals surface area (Å²) in [5, 5.41) is 7.65. The number of nitrogens with one attached hydrogen (secondary N) is 1. The number of nitrogens with zero attached hydrogens (tertiary/aromatic N) is 2. The summed E-state index contributed by atoms with van der Waals surface area (Å²) in [5.41, 5.74) is 2.26. The molecule has 4 heteroatoms. The molecule has 2 heterocycles. The fraction of sp³-hybridized carbons (Fsp3) is 0.462. The second-order valence-electron chi connectivity index (χ2n) is 4.23. The van der Waals surface area contributed by atoms with Crippen LogP contribution in [0.15, 0.2) is 22.7 Å². The molecule has 17 heavy (non-hydrogen) atoms. The molecule has 0 spiro atoms.